The van der Waals surface area contributed by atoms with Crippen molar-refractivity contribution >= 4 is 5.91 Å². The summed E-state index contributed by atoms with van der Waals surface area (Å²) in [5, 5.41) is 6.33. The van der Waals surface area contributed by atoms with Crippen LogP contribution in [0.2, 0.25) is 0 Å². The molecule has 0 aromatic rings. The third-order valence-corrected chi connectivity index (χ3v) is 2.81. The number of nitrogens with one attached hydrogen (secondary N) is 2. The highest BCUT2D eigenvalue weighted by molar-refractivity contribution is 5.72. The fraction of sp³-hybridized carbons (Fsp3) is 0.909. The van der Waals surface area contributed by atoms with Crippen LogP contribution < -0.4 is 10.6 Å². The standard InChI is InChI=1S/C11H23N3O/c1-10(15)12-7-8-14(2)9-11-5-3-4-6-13-11/h11,13H,3-9H2,1-2H3,(H,12,15). The summed E-state index contributed by atoms with van der Waals surface area (Å²) in [5.41, 5.74) is 0. The van der Waals surface area contributed by atoms with Gasteiger partial charge in [-0.2, -0.15) is 0 Å². The van der Waals surface area contributed by atoms with Gasteiger partial charge in [0.15, 0.2) is 0 Å². The second-order valence-electron chi connectivity index (χ2n) is 4.39. The van der Waals surface area contributed by atoms with Gasteiger partial charge in [-0.05, 0) is 26.4 Å². The van der Waals surface area contributed by atoms with Crippen molar-refractivity contribution < 1.29 is 4.79 Å². The largest absolute Gasteiger partial charge is 0.355 e. The fourth-order valence-corrected chi connectivity index (χ4v) is 1.97. The Labute approximate surface area is 92.4 Å². The molecule has 1 saturated heterocycles. The van der Waals surface area contributed by atoms with Crippen molar-refractivity contribution in [3.05, 3.63) is 0 Å². The van der Waals surface area contributed by atoms with Gasteiger partial charge in [0.2, 0.25) is 5.91 Å². The molecule has 0 radical (unpaired) electrons. The van der Waals surface area contributed by atoms with Gasteiger partial charge in [-0.15, -0.1) is 0 Å². The highest BCUT2D eigenvalue weighted by Crippen LogP contribution is 2.07. The zero-order chi connectivity index (χ0) is 11.1. The Morgan fingerprint density at radius 1 is 1.53 bits per heavy atom. The van der Waals surface area contributed by atoms with E-state index in [4.69, 9.17) is 0 Å². The van der Waals surface area contributed by atoms with E-state index in [1.54, 1.807) is 6.92 Å². The molecule has 1 unspecified atom stereocenters. The van der Waals surface area contributed by atoms with Gasteiger partial charge < -0.3 is 15.5 Å². The minimum Gasteiger partial charge on any atom is -0.355 e. The summed E-state index contributed by atoms with van der Waals surface area (Å²) in [6.07, 6.45) is 3.94. The van der Waals surface area contributed by atoms with Crippen molar-refractivity contribution in [3.63, 3.8) is 0 Å². The number of hydrogen-bond donors (Lipinski definition) is 2. The predicted octanol–water partition coefficient (Wildman–Crippen LogP) is 0.196. The lowest BCUT2D eigenvalue weighted by molar-refractivity contribution is -0.119. The SMILES string of the molecule is CC(=O)NCCN(C)CC1CCCCN1. The van der Waals surface area contributed by atoms with E-state index in [0.717, 1.165) is 26.2 Å². The molecular weight excluding hydrogens is 190 g/mol. The predicted molar refractivity (Wildman–Crippen MR) is 61.8 cm³/mol. The lowest BCUT2D eigenvalue weighted by atomic mass is 10.0. The number of rotatable bonds is 5. The third kappa shape index (κ3) is 5.74. The van der Waals surface area contributed by atoms with E-state index in [1.165, 1.54) is 19.3 Å². The molecule has 1 rings (SSSR count). The zero-order valence-electron chi connectivity index (χ0n) is 9.88. The highest BCUT2D eigenvalue weighted by atomic mass is 16.1. The fourth-order valence-electron chi connectivity index (χ4n) is 1.97. The van der Waals surface area contributed by atoms with Crippen LogP contribution in [-0.4, -0.2) is 50.1 Å². The molecule has 1 heterocycles. The molecule has 0 spiro atoms. The zero-order valence-corrected chi connectivity index (χ0v) is 9.88. The molecule has 0 aromatic heterocycles. The summed E-state index contributed by atoms with van der Waals surface area (Å²) in [6, 6.07) is 0.640. The molecule has 4 nitrogen and oxygen atoms in total. The van der Waals surface area contributed by atoms with Gasteiger partial charge in [0.25, 0.3) is 0 Å². The average Bonchev–Trinajstić information content (AvgIpc) is 2.18. The molecule has 0 bridgehead atoms. The van der Waals surface area contributed by atoms with Gasteiger partial charge >= 0.3 is 0 Å². The van der Waals surface area contributed by atoms with E-state index in [9.17, 15) is 4.79 Å². The Balaban J connectivity index is 2.06. The number of likely N-dealkylation sites (N-methyl/N-ethyl adjacent to an activating group) is 1. The summed E-state index contributed by atoms with van der Waals surface area (Å²) in [7, 11) is 2.11. The van der Waals surface area contributed by atoms with E-state index in [2.05, 4.69) is 22.6 Å². The molecule has 1 fully saturated rings. The molecule has 1 atom stereocenters. The maximum atomic E-state index is 10.7. The molecule has 4 heteroatoms. The molecule has 2 N–H and O–H groups in total. The molecular formula is C11H23N3O. The second-order valence-corrected chi connectivity index (χ2v) is 4.39. The smallest absolute Gasteiger partial charge is 0.216 e. The summed E-state index contributed by atoms with van der Waals surface area (Å²) in [6.45, 7) is 5.47. The molecule has 15 heavy (non-hydrogen) atoms. The van der Waals surface area contributed by atoms with Crippen LogP contribution in [0.3, 0.4) is 0 Å². The van der Waals surface area contributed by atoms with Crippen LogP contribution >= 0.6 is 0 Å². The van der Waals surface area contributed by atoms with Gasteiger partial charge in [0, 0.05) is 32.6 Å². The summed E-state index contributed by atoms with van der Waals surface area (Å²) >= 11 is 0. The first kappa shape index (κ1) is 12.5. The van der Waals surface area contributed by atoms with E-state index >= 15 is 0 Å². The number of amides is 1. The van der Waals surface area contributed by atoms with Crippen molar-refractivity contribution in [1.29, 1.82) is 0 Å². The lowest BCUT2D eigenvalue weighted by Crippen LogP contribution is -2.44. The van der Waals surface area contributed by atoms with Gasteiger partial charge in [-0.25, -0.2) is 0 Å². The first-order valence-electron chi connectivity index (χ1n) is 5.85. The van der Waals surface area contributed by atoms with E-state index < -0.39 is 0 Å². The Kier molecular flexibility index (Phi) is 5.65. The van der Waals surface area contributed by atoms with Crippen molar-refractivity contribution in [1.82, 2.24) is 15.5 Å². The minimum absolute atomic E-state index is 0.0548. The monoisotopic (exact) mass is 213 g/mol. The molecule has 0 aliphatic carbocycles. The van der Waals surface area contributed by atoms with E-state index in [0.29, 0.717) is 6.04 Å². The second kappa shape index (κ2) is 6.80. The quantitative estimate of drug-likeness (QED) is 0.685. The molecule has 0 aromatic carbocycles. The normalized spacial score (nSPS) is 21.7. The number of carbonyl (C=O) groups excluding carboxylic acids is 1. The first-order valence-corrected chi connectivity index (χ1v) is 5.85. The molecule has 1 aliphatic heterocycles. The molecule has 1 aliphatic rings. The van der Waals surface area contributed by atoms with Crippen LogP contribution in [0.5, 0.6) is 0 Å². The molecule has 1 amide bonds. The Bertz CT molecular complexity index is 190. The van der Waals surface area contributed by atoms with Crippen molar-refractivity contribution in [2.24, 2.45) is 0 Å². The Morgan fingerprint density at radius 3 is 2.93 bits per heavy atom. The van der Waals surface area contributed by atoms with Crippen LogP contribution in [-0.2, 0) is 4.79 Å². The van der Waals surface area contributed by atoms with Gasteiger partial charge in [-0.1, -0.05) is 6.42 Å². The van der Waals surface area contributed by atoms with Crippen molar-refractivity contribution in [3.8, 4) is 0 Å². The van der Waals surface area contributed by atoms with Crippen LogP contribution in [0, 0.1) is 0 Å². The molecule has 88 valence electrons. The number of carbonyl (C=O) groups is 1. The third-order valence-electron chi connectivity index (χ3n) is 2.81. The van der Waals surface area contributed by atoms with Crippen LogP contribution in [0.15, 0.2) is 0 Å². The molecule has 0 saturated carbocycles. The first-order chi connectivity index (χ1) is 7.18. The van der Waals surface area contributed by atoms with E-state index in [1.807, 2.05) is 0 Å². The number of piperidine rings is 1. The highest BCUT2D eigenvalue weighted by Gasteiger charge is 2.13. The van der Waals surface area contributed by atoms with Crippen molar-refractivity contribution in [2.75, 3.05) is 33.2 Å². The van der Waals surface area contributed by atoms with Gasteiger partial charge in [0.1, 0.15) is 0 Å². The van der Waals surface area contributed by atoms with Crippen LogP contribution in [0.1, 0.15) is 26.2 Å². The van der Waals surface area contributed by atoms with Crippen LogP contribution in [0.4, 0.5) is 0 Å². The van der Waals surface area contributed by atoms with Gasteiger partial charge in [-0.3, -0.25) is 4.79 Å². The van der Waals surface area contributed by atoms with Crippen molar-refractivity contribution in [2.45, 2.75) is 32.2 Å². The topological polar surface area (TPSA) is 44.4 Å². The summed E-state index contributed by atoms with van der Waals surface area (Å²) in [4.78, 5) is 12.9. The summed E-state index contributed by atoms with van der Waals surface area (Å²) in [5.74, 6) is 0.0548. The van der Waals surface area contributed by atoms with Crippen LogP contribution in [0.25, 0.3) is 0 Å². The average molecular weight is 213 g/mol. The van der Waals surface area contributed by atoms with Gasteiger partial charge in [0.05, 0.1) is 0 Å². The Morgan fingerprint density at radius 2 is 2.33 bits per heavy atom. The number of nitrogens with zero attached hydrogens (tertiary/aromatic N) is 1. The summed E-state index contributed by atoms with van der Waals surface area (Å²) < 4.78 is 0. The Hall–Kier alpha value is -0.610. The van der Waals surface area contributed by atoms with E-state index in [-0.39, 0.29) is 5.91 Å². The maximum Gasteiger partial charge on any atom is 0.216 e. The minimum atomic E-state index is 0.0548. The number of hydrogen-bond acceptors (Lipinski definition) is 3. The maximum absolute atomic E-state index is 10.7. The lowest BCUT2D eigenvalue weighted by Gasteiger charge is -2.28.